The van der Waals surface area contributed by atoms with Crippen molar-refractivity contribution in [2.24, 2.45) is 11.8 Å². The average molecular weight is 389 g/mol. The minimum atomic E-state index is -3.72. The molecule has 106 valence electrons. The maximum atomic E-state index is 11.6. The lowest BCUT2D eigenvalue weighted by Crippen LogP contribution is -2.14. The van der Waals surface area contributed by atoms with E-state index in [0.29, 0.717) is 5.92 Å². The lowest BCUT2D eigenvalue weighted by Gasteiger charge is -2.05. The maximum Gasteiger partial charge on any atom is 0.317 e. The number of amides is 1. The molecule has 0 heterocycles. The first-order valence-electron chi connectivity index (χ1n) is 5.38. The highest BCUT2D eigenvalue weighted by atomic mass is 79.9. The smallest absolute Gasteiger partial charge is 0.317 e. The van der Waals surface area contributed by atoms with E-state index in [2.05, 4.69) is 49.5 Å². The van der Waals surface area contributed by atoms with Gasteiger partial charge in [-0.05, 0) is 40.4 Å². The fourth-order valence-electron chi connectivity index (χ4n) is 1.48. The number of anilines is 1. The zero-order valence-electron chi connectivity index (χ0n) is 9.94. The highest BCUT2D eigenvalue weighted by Crippen LogP contribution is 2.38. The molecular weight excluding hydrogens is 377 g/mol. The quantitative estimate of drug-likeness (QED) is 0.784. The van der Waals surface area contributed by atoms with Crippen LogP contribution in [-0.2, 0) is 13.1 Å². The Morgan fingerprint density at radius 1 is 1.37 bits per heavy atom. The second kappa shape index (κ2) is 6.92. The molecule has 2 rings (SSSR count). The summed E-state index contributed by atoms with van der Waals surface area (Å²) < 4.78 is 19.3. The summed E-state index contributed by atoms with van der Waals surface area (Å²) in [5.41, 5.74) is 0.858. The van der Waals surface area contributed by atoms with Crippen molar-refractivity contribution >= 4 is 57.2 Å². The molecule has 2 atom stereocenters. The van der Waals surface area contributed by atoms with E-state index in [9.17, 15) is 4.79 Å². The SMILES string of the molecule is CC1CC1C(=O)Nc1ccccc1Br.O=S(=O)(Cl)Cl. The van der Waals surface area contributed by atoms with Crippen LogP contribution < -0.4 is 5.32 Å². The molecule has 0 saturated heterocycles. The van der Waals surface area contributed by atoms with Gasteiger partial charge in [-0.15, -0.1) is 0 Å². The fraction of sp³-hybridized carbons (Fsp3) is 0.364. The number of rotatable bonds is 2. The van der Waals surface area contributed by atoms with Crippen molar-refractivity contribution in [1.82, 2.24) is 0 Å². The number of nitrogens with one attached hydrogen (secondary N) is 1. The van der Waals surface area contributed by atoms with E-state index >= 15 is 0 Å². The minimum Gasteiger partial charge on any atom is -0.325 e. The van der Waals surface area contributed by atoms with Crippen molar-refractivity contribution in [3.8, 4) is 0 Å². The van der Waals surface area contributed by atoms with Gasteiger partial charge in [-0.3, -0.25) is 4.79 Å². The van der Waals surface area contributed by atoms with Crippen LogP contribution in [0.2, 0.25) is 0 Å². The van der Waals surface area contributed by atoms with E-state index in [-0.39, 0.29) is 11.8 Å². The molecule has 1 aromatic rings. The summed E-state index contributed by atoms with van der Waals surface area (Å²) >= 11 is 3.39. The van der Waals surface area contributed by atoms with E-state index in [0.717, 1.165) is 16.6 Å². The minimum absolute atomic E-state index is 0.143. The van der Waals surface area contributed by atoms with Gasteiger partial charge in [0.2, 0.25) is 5.91 Å². The van der Waals surface area contributed by atoms with Gasteiger partial charge in [0, 0.05) is 31.8 Å². The number of benzene rings is 1. The molecule has 4 nitrogen and oxygen atoms in total. The molecule has 0 aliphatic heterocycles. The molecule has 19 heavy (non-hydrogen) atoms. The first kappa shape index (κ1) is 16.8. The molecule has 8 heteroatoms. The van der Waals surface area contributed by atoms with Crippen molar-refractivity contribution in [1.29, 1.82) is 0 Å². The highest BCUT2D eigenvalue weighted by molar-refractivity contribution is 9.10. The summed E-state index contributed by atoms with van der Waals surface area (Å²) in [6, 6.07) is 7.66. The number of hydrogen-bond acceptors (Lipinski definition) is 3. The lowest BCUT2D eigenvalue weighted by atomic mass is 10.3. The van der Waals surface area contributed by atoms with Gasteiger partial charge in [0.05, 0.1) is 5.69 Å². The molecule has 1 N–H and O–H groups in total. The molecule has 0 radical (unpaired) electrons. The van der Waals surface area contributed by atoms with Crippen LogP contribution in [0, 0.1) is 11.8 Å². The Morgan fingerprint density at radius 2 is 1.84 bits per heavy atom. The van der Waals surface area contributed by atoms with E-state index < -0.39 is 8.26 Å². The van der Waals surface area contributed by atoms with Crippen molar-refractivity contribution in [3.63, 3.8) is 0 Å². The molecule has 1 aromatic carbocycles. The lowest BCUT2D eigenvalue weighted by molar-refractivity contribution is -0.117. The molecule has 1 aliphatic rings. The standard InChI is InChI=1S/C11H12BrNO.Cl2O2S/c1-7-6-8(7)11(14)13-10-5-3-2-4-9(10)12;1-5(2,3)4/h2-5,7-8H,6H2,1H3,(H,13,14);. The Kier molecular flexibility index (Phi) is 6.11. The van der Waals surface area contributed by atoms with Crippen molar-refractivity contribution in [2.75, 3.05) is 5.32 Å². The van der Waals surface area contributed by atoms with E-state index in [4.69, 9.17) is 8.42 Å². The summed E-state index contributed by atoms with van der Waals surface area (Å²) in [7, 11) is 4.81. The second-order valence-electron chi connectivity index (χ2n) is 4.17. The van der Waals surface area contributed by atoms with Crippen LogP contribution in [0.25, 0.3) is 0 Å². The van der Waals surface area contributed by atoms with Crippen LogP contribution in [0.3, 0.4) is 0 Å². The van der Waals surface area contributed by atoms with Crippen LogP contribution in [0.1, 0.15) is 13.3 Å². The molecule has 1 aliphatic carbocycles. The van der Waals surface area contributed by atoms with Gasteiger partial charge in [-0.1, -0.05) is 19.1 Å². The van der Waals surface area contributed by atoms with Crippen LogP contribution in [0.5, 0.6) is 0 Å². The van der Waals surface area contributed by atoms with E-state index in [1.165, 1.54) is 0 Å². The average Bonchev–Trinajstić information content (AvgIpc) is 2.97. The third-order valence-electron chi connectivity index (χ3n) is 2.58. The first-order chi connectivity index (χ1) is 8.68. The normalized spacial score (nSPS) is 21.1. The fourth-order valence-corrected chi connectivity index (χ4v) is 1.86. The second-order valence-corrected chi connectivity index (χ2v) is 8.69. The van der Waals surface area contributed by atoms with Crippen molar-refractivity contribution in [3.05, 3.63) is 28.7 Å². The molecule has 2 unspecified atom stereocenters. The zero-order valence-corrected chi connectivity index (χ0v) is 13.9. The summed E-state index contributed by atoms with van der Waals surface area (Å²) in [5.74, 6) is 0.920. The van der Waals surface area contributed by atoms with Crippen LogP contribution in [0.4, 0.5) is 5.69 Å². The number of carbonyl (C=O) groups is 1. The monoisotopic (exact) mass is 387 g/mol. The Balaban J connectivity index is 0.000000312. The summed E-state index contributed by atoms with van der Waals surface area (Å²) in [5, 5.41) is 2.92. The molecule has 1 fully saturated rings. The van der Waals surface area contributed by atoms with Crippen molar-refractivity contribution in [2.45, 2.75) is 13.3 Å². The Bertz CT molecular complexity index is 557. The van der Waals surface area contributed by atoms with E-state index in [1.807, 2.05) is 24.3 Å². The molecule has 1 amide bonds. The van der Waals surface area contributed by atoms with E-state index in [1.54, 1.807) is 0 Å². The van der Waals surface area contributed by atoms with Gasteiger partial charge in [-0.2, -0.15) is 8.42 Å². The third-order valence-corrected chi connectivity index (χ3v) is 3.27. The predicted molar refractivity (Wildman–Crippen MR) is 80.7 cm³/mol. The number of halogens is 3. The Hall–Kier alpha value is -0.300. The summed E-state index contributed by atoms with van der Waals surface area (Å²) in [6.07, 6.45) is 1.02. The molecular formula is C11H12BrCl2NO3S. The van der Waals surface area contributed by atoms with Gasteiger partial charge >= 0.3 is 8.26 Å². The van der Waals surface area contributed by atoms with Gasteiger partial charge < -0.3 is 5.32 Å². The van der Waals surface area contributed by atoms with Gasteiger partial charge in [0.15, 0.2) is 0 Å². The highest BCUT2D eigenvalue weighted by Gasteiger charge is 2.39. The van der Waals surface area contributed by atoms with Gasteiger partial charge in [0.1, 0.15) is 0 Å². The van der Waals surface area contributed by atoms with Gasteiger partial charge in [-0.25, -0.2) is 0 Å². The Labute approximate surface area is 129 Å². The third kappa shape index (κ3) is 7.15. The zero-order chi connectivity index (χ0) is 14.6. The molecule has 0 bridgehead atoms. The van der Waals surface area contributed by atoms with Crippen LogP contribution in [-0.4, -0.2) is 14.3 Å². The largest absolute Gasteiger partial charge is 0.325 e. The van der Waals surface area contributed by atoms with Crippen molar-refractivity contribution < 1.29 is 13.2 Å². The first-order valence-corrected chi connectivity index (χ1v) is 9.31. The summed E-state index contributed by atoms with van der Waals surface area (Å²) in [6.45, 7) is 2.10. The number of para-hydroxylation sites is 1. The molecule has 0 aromatic heterocycles. The number of hydrogen-bond donors (Lipinski definition) is 1. The maximum absolute atomic E-state index is 11.6. The van der Waals surface area contributed by atoms with Crippen LogP contribution >= 0.6 is 37.3 Å². The summed E-state index contributed by atoms with van der Waals surface area (Å²) in [4.78, 5) is 11.6. The number of carbonyl (C=O) groups excluding carboxylic acids is 1. The molecule has 1 saturated carbocycles. The van der Waals surface area contributed by atoms with Gasteiger partial charge in [0.25, 0.3) is 0 Å². The topological polar surface area (TPSA) is 63.2 Å². The predicted octanol–water partition coefficient (Wildman–Crippen LogP) is 3.75. The molecule has 0 spiro atoms. The Morgan fingerprint density at radius 3 is 2.26 bits per heavy atom. The van der Waals surface area contributed by atoms with Crippen LogP contribution in [0.15, 0.2) is 28.7 Å².